The fourth-order valence-corrected chi connectivity index (χ4v) is 3.13. The number of rotatable bonds is 5. The topological polar surface area (TPSA) is 83.4 Å². The molecule has 7 heteroatoms. The molecule has 7 nitrogen and oxygen atoms in total. The number of hydrogen-bond donors (Lipinski definition) is 2. The monoisotopic (exact) mass is 332 g/mol. The molecule has 24 heavy (non-hydrogen) atoms. The minimum absolute atomic E-state index is 0.0748. The average Bonchev–Trinajstić information content (AvgIpc) is 3.26. The van der Waals surface area contributed by atoms with Crippen LogP contribution < -0.4 is 5.32 Å². The maximum absolute atomic E-state index is 12.6. The number of aromatic nitrogens is 2. The van der Waals surface area contributed by atoms with E-state index in [1.54, 1.807) is 13.4 Å². The van der Waals surface area contributed by atoms with Crippen LogP contribution in [0.4, 0.5) is 4.79 Å². The van der Waals surface area contributed by atoms with E-state index in [4.69, 9.17) is 9.15 Å². The van der Waals surface area contributed by atoms with Crippen molar-refractivity contribution in [3.05, 3.63) is 41.9 Å². The van der Waals surface area contributed by atoms with Crippen LogP contribution in [0, 0.1) is 6.92 Å². The highest BCUT2D eigenvalue weighted by molar-refractivity contribution is 5.74. The lowest BCUT2D eigenvalue weighted by Crippen LogP contribution is -2.46. The Morgan fingerprint density at radius 3 is 2.88 bits per heavy atom. The number of aryl methyl sites for hydroxylation is 1. The van der Waals surface area contributed by atoms with Gasteiger partial charge in [0.25, 0.3) is 0 Å². The fourth-order valence-electron chi connectivity index (χ4n) is 3.13. The maximum atomic E-state index is 12.6. The molecule has 0 saturated carbocycles. The van der Waals surface area contributed by atoms with Gasteiger partial charge in [-0.05, 0) is 31.9 Å². The third-order valence-electron chi connectivity index (χ3n) is 4.48. The lowest BCUT2D eigenvalue weighted by molar-refractivity contribution is 0.141. The molecule has 3 heterocycles. The van der Waals surface area contributed by atoms with Crippen LogP contribution in [-0.2, 0) is 4.74 Å². The Balaban J connectivity index is 1.56. The summed E-state index contributed by atoms with van der Waals surface area (Å²) in [4.78, 5) is 21.6. The van der Waals surface area contributed by atoms with Crippen molar-refractivity contribution in [2.24, 2.45) is 0 Å². The van der Waals surface area contributed by atoms with Gasteiger partial charge in [-0.15, -0.1) is 0 Å². The van der Waals surface area contributed by atoms with Gasteiger partial charge in [-0.1, -0.05) is 0 Å². The average molecular weight is 332 g/mol. The minimum Gasteiger partial charge on any atom is -0.464 e. The van der Waals surface area contributed by atoms with E-state index in [9.17, 15) is 4.79 Å². The molecule has 1 aliphatic heterocycles. The Bertz CT molecular complexity index is 645. The van der Waals surface area contributed by atoms with Crippen LogP contribution in [0.1, 0.15) is 42.0 Å². The van der Waals surface area contributed by atoms with Gasteiger partial charge in [0.05, 0.1) is 12.9 Å². The van der Waals surface area contributed by atoms with E-state index < -0.39 is 0 Å². The number of nitrogens with one attached hydrogen (secondary N) is 2. The lowest BCUT2D eigenvalue weighted by Gasteiger charge is -2.32. The number of likely N-dealkylation sites (tertiary alicyclic amines) is 1. The molecule has 2 aromatic heterocycles. The van der Waals surface area contributed by atoms with Gasteiger partial charge in [0, 0.05) is 38.0 Å². The minimum atomic E-state index is -0.276. The molecule has 0 unspecified atom stereocenters. The first-order chi connectivity index (χ1) is 11.7. The smallest absolute Gasteiger partial charge is 0.318 e. The number of aromatic amines is 1. The number of methoxy groups -OCH3 is 1. The summed E-state index contributed by atoms with van der Waals surface area (Å²) in [5, 5.41) is 3.01. The van der Waals surface area contributed by atoms with Crippen LogP contribution in [-0.4, -0.2) is 47.7 Å². The Morgan fingerprint density at radius 2 is 2.29 bits per heavy atom. The Morgan fingerprint density at radius 1 is 1.50 bits per heavy atom. The third kappa shape index (κ3) is 3.79. The first-order valence-corrected chi connectivity index (χ1v) is 8.26. The molecule has 1 atom stereocenters. The van der Waals surface area contributed by atoms with Crippen molar-refractivity contribution < 1.29 is 13.9 Å². The molecule has 2 amide bonds. The molecule has 1 saturated heterocycles. The van der Waals surface area contributed by atoms with Crippen molar-refractivity contribution >= 4 is 6.03 Å². The van der Waals surface area contributed by atoms with Gasteiger partial charge in [-0.25, -0.2) is 9.78 Å². The molecule has 0 spiro atoms. The Labute approximate surface area is 141 Å². The molecule has 0 bridgehead atoms. The van der Waals surface area contributed by atoms with Gasteiger partial charge in [-0.2, -0.15) is 0 Å². The van der Waals surface area contributed by atoms with Crippen molar-refractivity contribution in [3.63, 3.8) is 0 Å². The van der Waals surface area contributed by atoms with Crippen LogP contribution in [0.3, 0.4) is 0 Å². The van der Waals surface area contributed by atoms with Gasteiger partial charge in [0.15, 0.2) is 0 Å². The van der Waals surface area contributed by atoms with E-state index in [0.29, 0.717) is 12.5 Å². The number of amides is 2. The summed E-state index contributed by atoms with van der Waals surface area (Å²) in [5.41, 5.74) is 1.15. The molecule has 130 valence electrons. The SMILES string of the molecule is COC[C@H](NC(=O)N1CCC(c2cnc[nH]2)CC1)c1ccc(C)o1. The molecule has 0 radical (unpaired) electrons. The highest BCUT2D eigenvalue weighted by Crippen LogP contribution is 2.26. The van der Waals surface area contributed by atoms with Gasteiger partial charge in [0.2, 0.25) is 0 Å². The van der Waals surface area contributed by atoms with E-state index in [2.05, 4.69) is 15.3 Å². The molecule has 3 rings (SSSR count). The highest BCUT2D eigenvalue weighted by Gasteiger charge is 2.27. The predicted molar refractivity (Wildman–Crippen MR) is 88.7 cm³/mol. The van der Waals surface area contributed by atoms with Gasteiger partial charge in [0.1, 0.15) is 17.6 Å². The first-order valence-electron chi connectivity index (χ1n) is 8.26. The molecular weight excluding hydrogens is 308 g/mol. The summed E-state index contributed by atoms with van der Waals surface area (Å²) in [6, 6.07) is 3.42. The number of ether oxygens (including phenoxy) is 1. The van der Waals surface area contributed by atoms with Gasteiger partial charge < -0.3 is 24.4 Å². The van der Waals surface area contributed by atoms with Crippen molar-refractivity contribution in [1.82, 2.24) is 20.2 Å². The second kappa shape index (κ2) is 7.53. The van der Waals surface area contributed by atoms with Gasteiger partial charge >= 0.3 is 6.03 Å². The zero-order valence-corrected chi connectivity index (χ0v) is 14.1. The molecule has 2 N–H and O–H groups in total. The fraction of sp³-hybridized carbons (Fsp3) is 0.529. The summed E-state index contributed by atoms with van der Waals surface area (Å²) >= 11 is 0. The second-order valence-electron chi connectivity index (χ2n) is 6.17. The van der Waals surface area contributed by atoms with E-state index in [1.165, 1.54) is 0 Å². The summed E-state index contributed by atoms with van der Waals surface area (Å²) in [6.45, 7) is 3.72. The standard InChI is InChI=1S/C17H24N4O3/c1-12-3-4-16(24-12)15(10-23-2)20-17(22)21-7-5-13(6-8-21)14-9-18-11-19-14/h3-4,9,11,13,15H,5-8,10H2,1-2H3,(H,18,19)(H,20,22)/t15-/m0/s1. The Hall–Kier alpha value is -2.28. The molecule has 0 aliphatic carbocycles. The number of furan rings is 1. The number of carbonyl (C=O) groups excluding carboxylic acids is 1. The molecule has 2 aromatic rings. The molecule has 1 fully saturated rings. The van der Waals surface area contributed by atoms with Crippen molar-refractivity contribution in [1.29, 1.82) is 0 Å². The van der Waals surface area contributed by atoms with E-state index in [-0.39, 0.29) is 12.1 Å². The number of nitrogens with zero attached hydrogens (tertiary/aromatic N) is 2. The number of imidazole rings is 1. The third-order valence-corrected chi connectivity index (χ3v) is 4.48. The van der Waals surface area contributed by atoms with Crippen molar-refractivity contribution in [2.75, 3.05) is 26.8 Å². The molecule has 0 aromatic carbocycles. The summed E-state index contributed by atoms with van der Waals surface area (Å²) in [6.07, 6.45) is 5.44. The normalized spacial score (nSPS) is 17.0. The van der Waals surface area contributed by atoms with Crippen LogP contribution in [0.5, 0.6) is 0 Å². The maximum Gasteiger partial charge on any atom is 0.318 e. The van der Waals surface area contributed by atoms with E-state index in [1.807, 2.05) is 30.2 Å². The summed E-state index contributed by atoms with van der Waals surface area (Å²) in [7, 11) is 1.62. The first kappa shape index (κ1) is 16.6. The zero-order valence-electron chi connectivity index (χ0n) is 14.1. The van der Waals surface area contributed by atoms with Crippen molar-refractivity contribution in [3.8, 4) is 0 Å². The van der Waals surface area contributed by atoms with Crippen molar-refractivity contribution in [2.45, 2.75) is 31.7 Å². The Kier molecular flexibility index (Phi) is 5.20. The zero-order chi connectivity index (χ0) is 16.9. The quantitative estimate of drug-likeness (QED) is 0.881. The molecule has 1 aliphatic rings. The van der Waals surface area contributed by atoms with E-state index in [0.717, 1.165) is 43.1 Å². The van der Waals surface area contributed by atoms with Crippen LogP contribution in [0.25, 0.3) is 0 Å². The predicted octanol–water partition coefficient (Wildman–Crippen LogP) is 2.59. The van der Waals surface area contributed by atoms with Crippen LogP contribution >= 0.6 is 0 Å². The van der Waals surface area contributed by atoms with Gasteiger partial charge in [-0.3, -0.25) is 0 Å². The number of H-pyrrole nitrogens is 1. The van der Waals surface area contributed by atoms with E-state index >= 15 is 0 Å². The highest BCUT2D eigenvalue weighted by atomic mass is 16.5. The number of hydrogen-bond acceptors (Lipinski definition) is 4. The number of carbonyl (C=O) groups is 1. The second-order valence-corrected chi connectivity index (χ2v) is 6.17. The molecular formula is C17H24N4O3. The number of urea groups is 1. The summed E-state index contributed by atoms with van der Waals surface area (Å²) < 4.78 is 10.8. The number of piperidine rings is 1. The largest absolute Gasteiger partial charge is 0.464 e. The summed E-state index contributed by atoms with van der Waals surface area (Å²) in [5.74, 6) is 1.98. The van der Waals surface area contributed by atoms with Crippen LogP contribution in [0.15, 0.2) is 29.1 Å². The van der Waals surface area contributed by atoms with Crippen LogP contribution in [0.2, 0.25) is 0 Å². The lowest BCUT2D eigenvalue weighted by atomic mass is 9.94.